The lowest BCUT2D eigenvalue weighted by Crippen LogP contribution is -2.42. The Bertz CT molecular complexity index is 1420. The second-order valence-corrected chi connectivity index (χ2v) is 11.1. The molecule has 1 N–H and O–H groups in total. The number of aryl methyl sites for hydroxylation is 1. The van der Waals surface area contributed by atoms with Gasteiger partial charge in [0.25, 0.3) is 10.0 Å². The molecule has 5 rings (SSSR count). The third-order valence-electron chi connectivity index (χ3n) is 5.50. The Kier molecular flexibility index (Phi) is 6.60. The second-order valence-electron chi connectivity index (χ2n) is 8.11. The summed E-state index contributed by atoms with van der Waals surface area (Å²) < 4.78 is 47.9. The topological polar surface area (TPSA) is 102 Å². The lowest BCUT2D eigenvalue weighted by Gasteiger charge is -2.31. The van der Waals surface area contributed by atoms with Crippen molar-refractivity contribution in [2.75, 3.05) is 25.0 Å². The number of thiazole rings is 1. The van der Waals surface area contributed by atoms with Crippen molar-refractivity contribution in [2.45, 2.75) is 17.6 Å². The first-order chi connectivity index (χ1) is 16.9. The molecule has 12 heteroatoms. The number of sulfonamides is 1. The van der Waals surface area contributed by atoms with Gasteiger partial charge in [0.1, 0.15) is 17.7 Å². The summed E-state index contributed by atoms with van der Waals surface area (Å²) in [5.41, 5.74) is 1.63. The molecule has 1 aromatic carbocycles. The zero-order chi connectivity index (χ0) is 24.4. The minimum atomic E-state index is -3.72. The Labute approximate surface area is 206 Å². The van der Waals surface area contributed by atoms with E-state index < -0.39 is 16.1 Å². The number of hydrogen-bond acceptors (Lipinski definition) is 8. The predicted molar refractivity (Wildman–Crippen MR) is 129 cm³/mol. The monoisotopic (exact) mass is 514 g/mol. The average molecular weight is 515 g/mol. The summed E-state index contributed by atoms with van der Waals surface area (Å²) in [5, 5.41) is 3.90. The number of aromatic nitrogens is 4. The zero-order valence-electron chi connectivity index (χ0n) is 18.8. The molecule has 4 aromatic rings. The molecule has 1 atom stereocenters. The number of benzene rings is 1. The highest BCUT2D eigenvalue weighted by Crippen LogP contribution is 2.28. The summed E-state index contributed by atoms with van der Waals surface area (Å²) in [6, 6.07) is 11.9. The van der Waals surface area contributed by atoms with Crippen molar-refractivity contribution >= 4 is 32.3 Å². The number of morpholine rings is 1. The third-order valence-corrected chi connectivity index (χ3v) is 8.16. The van der Waals surface area contributed by atoms with Crippen LogP contribution in [-0.4, -0.2) is 51.9 Å². The van der Waals surface area contributed by atoms with Crippen LogP contribution in [0.5, 0.6) is 0 Å². The molecule has 0 bridgehead atoms. The van der Waals surface area contributed by atoms with Gasteiger partial charge in [-0.25, -0.2) is 27.8 Å². The highest BCUT2D eigenvalue weighted by atomic mass is 32.2. The molecule has 0 radical (unpaired) electrons. The minimum absolute atomic E-state index is 0.0178. The summed E-state index contributed by atoms with van der Waals surface area (Å²) in [7, 11) is -1.99. The number of ether oxygens (including phenoxy) is 1. The van der Waals surface area contributed by atoms with Crippen molar-refractivity contribution in [2.24, 2.45) is 7.05 Å². The molecule has 3 aromatic heterocycles. The van der Waals surface area contributed by atoms with Gasteiger partial charge in [0.2, 0.25) is 0 Å². The predicted octanol–water partition coefficient (Wildman–Crippen LogP) is 3.51. The number of nitrogens with zero attached hydrogens (tertiary/aromatic N) is 5. The van der Waals surface area contributed by atoms with Gasteiger partial charge in [-0.3, -0.25) is 0 Å². The molecular weight excluding hydrogens is 491 g/mol. The first-order valence-corrected chi connectivity index (χ1v) is 13.2. The maximum absolute atomic E-state index is 13.1. The first kappa shape index (κ1) is 23.5. The number of anilines is 2. The van der Waals surface area contributed by atoms with Gasteiger partial charge in [0.15, 0.2) is 10.2 Å². The maximum atomic E-state index is 13.1. The summed E-state index contributed by atoms with van der Waals surface area (Å²) in [4.78, 5) is 14.1. The SMILES string of the molecule is Cn1cnc(S(=O)(=O)N2CCOC(c3cccc(Nc4ncc(Cc5ccc(F)cc5)s4)n3)C2)c1. The lowest BCUT2D eigenvalue weighted by atomic mass is 10.1. The lowest BCUT2D eigenvalue weighted by molar-refractivity contribution is -0.00492. The zero-order valence-corrected chi connectivity index (χ0v) is 20.5. The van der Waals surface area contributed by atoms with Crippen molar-refractivity contribution in [1.82, 2.24) is 23.8 Å². The maximum Gasteiger partial charge on any atom is 0.262 e. The number of pyridine rings is 1. The molecule has 9 nitrogen and oxygen atoms in total. The van der Waals surface area contributed by atoms with Crippen LogP contribution in [0, 0.1) is 5.82 Å². The quantitative estimate of drug-likeness (QED) is 0.403. The Balaban J connectivity index is 1.27. The van der Waals surface area contributed by atoms with Crippen molar-refractivity contribution in [1.29, 1.82) is 0 Å². The molecular formula is C23H23FN6O3S2. The van der Waals surface area contributed by atoms with E-state index >= 15 is 0 Å². The van der Waals surface area contributed by atoms with Crippen LogP contribution in [0.25, 0.3) is 0 Å². The molecule has 0 aliphatic carbocycles. The number of halogens is 1. The van der Waals surface area contributed by atoms with E-state index in [0.717, 1.165) is 10.4 Å². The summed E-state index contributed by atoms with van der Waals surface area (Å²) >= 11 is 1.49. The van der Waals surface area contributed by atoms with Gasteiger partial charge < -0.3 is 14.6 Å². The molecule has 1 aliphatic heterocycles. The number of rotatable bonds is 7. The average Bonchev–Trinajstić information content (AvgIpc) is 3.50. The van der Waals surface area contributed by atoms with Gasteiger partial charge in [-0.1, -0.05) is 18.2 Å². The smallest absolute Gasteiger partial charge is 0.262 e. The summed E-state index contributed by atoms with van der Waals surface area (Å²) in [6.07, 6.45) is 4.88. The van der Waals surface area contributed by atoms with Gasteiger partial charge in [-0.05, 0) is 29.8 Å². The fourth-order valence-corrected chi connectivity index (χ4v) is 5.98. The molecule has 1 unspecified atom stereocenters. The molecule has 35 heavy (non-hydrogen) atoms. The molecule has 1 saturated heterocycles. The van der Waals surface area contributed by atoms with Gasteiger partial charge in [-0.2, -0.15) is 4.31 Å². The molecule has 0 amide bonds. The van der Waals surface area contributed by atoms with Gasteiger partial charge >= 0.3 is 0 Å². The summed E-state index contributed by atoms with van der Waals surface area (Å²) in [6.45, 7) is 0.660. The highest BCUT2D eigenvalue weighted by Gasteiger charge is 2.33. The highest BCUT2D eigenvalue weighted by molar-refractivity contribution is 7.89. The second kappa shape index (κ2) is 9.82. The first-order valence-electron chi connectivity index (χ1n) is 10.9. The van der Waals surface area contributed by atoms with Crippen LogP contribution in [0.1, 0.15) is 22.2 Å². The largest absolute Gasteiger partial charge is 0.369 e. The molecule has 1 fully saturated rings. The van der Waals surface area contributed by atoms with Crippen molar-refractivity contribution in [3.63, 3.8) is 0 Å². The number of hydrogen-bond donors (Lipinski definition) is 1. The van der Waals surface area contributed by atoms with E-state index in [2.05, 4.69) is 20.3 Å². The van der Waals surface area contributed by atoms with E-state index in [0.29, 0.717) is 23.1 Å². The van der Waals surface area contributed by atoms with Crippen LogP contribution < -0.4 is 5.32 Å². The number of nitrogens with one attached hydrogen (secondary N) is 1. The van der Waals surface area contributed by atoms with Crippen LogP contribution in [-0.2, 0) is 28.2 Å². The molecule has 4 heterocycles. The van der Waals surface area contributed by atoms with E-state index in [1.807, 2.05) is 18.2 Å². The minimum Gasteiger partial charge on any atom is -0.369 e. The molecule has 0 saturated carbocycles. The van der Waals surface area contributed by atoms with Crippen molar-refractivity contribution in [3.05, 3.63) is 83.1 Å². The fraction of sp³-hybridized carbons (Fsp3) is 0.261. The normalized spacial score (nSPS) is 16.9. The van der Waals surface area contributed by atoms with E-state index in [4.69, 9.17) is 4.74 Å². The van der Waals surface area contributed by atoms with Gasteiger partial charge in [-0.15, -0.1) is 11.3 Å². The van der Waals surface area contributed by atoms with E-state index in [-0.39, 0.29) is 30.5 Å². The number of imidazole rings is 1. The van der Waals surface area contributed by atoms with Crippen LogP contribution in [0.3, 0.4) is 0 Å². The Morgan fingerprint density at radius 3 is 2.80 bits per heavy atom. The standard InChI is InChI=1S/C23H23FN6O3S2/c1-29-14-22(26-15-29)35(31,32)30-9-10-33-20(13-30)19-3-2-4-21(27-19)28-23-25-12-18(34-23)11-16-5-7-17(24)8-6-16/h2-8,12,14-15,20H,9-11,13H2,1H3,(H,25,27,28). The fourth-order valence-electron chi connectivity index (χ4n) is 3.74. The molecule has 182 valence electrons. The van der Waals surface area contributed by atoms with Crippen LogP contribution in [0.2, 0.25) is 0 Å². The van der Waals surface area contributed by atoms with Crippen molar-refractivity contribution < 1.29 is 17.5 Å². The van der Waals surface area contributed by atoms with E-state index in [1.165, 1.54) is 40.3 Å². The molecule has 1 aliphatic rings. The third kappa shape index (κ3) is 5.40. The van der Waals surface area contributed by atoms with Gasteiger partial charge in [0.05, 0.1) is 18.6 Å². The van der Waals surface area contributed by atoms with Crippen molar-refractivity contribution in [3.8, 4) is 0 Å². The Morgan fingerprint density at radius 1 is 1.20 bits per heavy atom. The molecule has 0 spiro atoms. The summed E-state index contributed by atoms with van der Waals surface area (Å²) in [5.74, 6) is 0.323. The Morgan fingerprint density at radius 2 is 2.03 bits per heavy atom. The van der Waals surface area contributed by atoms with E-state index in [1.54, 1.807) is 29.9 Å². The van der Waals surface area contributed by atoms with Crippen LogP contribution in [0.15, 0.2) is 66.2 Å². The van der Waals surface area contributed by atoms with Crippen LogP contribution in [0.4, 0.5) is 15.3 Å². The Hall–Kier alpha value is -3.19. The van der Waals surface area contributed by atoms with Gasteiger partial charge in [0, 0.05) is 43.8 Å². The van der Waals surface area contributed by atoms with Crippen LogP contribution >= 0.6 is 11.3 Å². The van der Waals surface area contributed by atoms with E-state index in [9.17, 15) is 12.8 Å².